The lowest BCUT2D eigenvalue weighted by molar-refractivity contribution is 1.29. The molecule has 0 amide bonds. The SMILES string of the molecule is Cc1cc2c(C)nc3ccccc3c2[nH]1. The number of H-pyrrole nitrogens is 1. The first-order valence-electron chi connectivity index (χ1n) is 5.10. The molecule has 0 bridgehead atoms. The number of nitrogens with one attached hydrogen (secondary N) is 1. The smallest absolute Gasteiger partial charge is 0.0726 e. The maximum atomic E-state index is 4.60. The Morgan fingerprint density at radius 3 is 2.73 bits per heavy atom. The normalized spacial score (nSPS) is 11.3. The fourth-order valence-electron chi connectivity index (χ4n) is 2.11. The number of hydrogen-bond acceptors (Lipinski definition) is 1. The largest absolute Gasteiger partial charge is 0.358 e. The highest BCUT2D eigenvalue weighted by atomic mass is 14.8. The van der Waals surface area contributed by atoms with Crippen molar-refractivity contribution in [2.24, 2.45) is 0 Å². The summed E-state index contributed by atoms with van der Waals surface area (Å²) in [5.41, 5.74) is 4.54. The Hall–Kier alpha value is -1.83. The van der Waals surface area contributed by atoms with E-state index in [1.54, 1.807) is 0 Å². The highest BCUT2D eigenvalue weighted by Crippen LogP contribution is 2.25. The van der Waals surface area contributed by atoms with Crippen molar-refractivity contribution in [2.45, 2.75) is 13.8 Å². The number of rotatable bonds is 0. The Balaban J connectivity index is 2.63. The summed E-state index contributed by atoms with van der Waals surface area (Å²) in [5, 5.41) is 2.43. The van der Waals surface area contributed by atoms with Gasteiger partial charge in [0, 0.05) is 22.2 Å². The standard InChI is InChI=1S/C13H12N2/c1-8-7-11-9(2)15-12-6-4-3-5-10(12)13(11)14-8/h3-7,14H,1-2H3. The van der Waals surface area contributed by atoms with Crippen LogP contribution in [0.3, 0.4) is 0 Å². The van der Waals surface area contributed by atoms with Gasteiger partial charge < -0.3 is 4.98 Å². The lowest BCUT2D eigenvalue weighted by atomic mass is 10.1. The van der Waals surface area contributed by atoms with E-state index in [1.807, 2.05) is 6.07 Å². The van der Waals surface area contributed by atoms with Gasteiger partial charge in [-0.2, -0.15) is 0 Å². The van der Waals surface area contributed by atoms with Crippen molar-refractivity contribution in [3.63, 3.8) is 0 Å². The molecule has 1 N–H and O–H groups in total. The van der Waals surface area contributed by atoms with Gasteiger partial charge >= 0.3 is 0 Å². The first-order valence-corrected chi connectivity index (χ1v) is 5.10. The molecule has 2 heterocycles. The number of pyridine rings is 1. The first kappa shape index (κ1) is 8.48. The molecule has 74 valence electrons. The number of nitrogens with zero attached hydrogens (tertiary/aromatic N) is 1. The zero-order chi connectivity index (χ0) is 10.4. The zero-order valence-electron chi connectivity index (χ0n) is 8.83. The monoisotopic (exact) mass is 196 g/mol. The van der Waals surface area contributed by atoms with E-state index in [2.05, 4.69) is 48.1 Å². The quantitative estimate of drug-likeness (QED) is 0.587. The first-order chi connectivity index (χ1) is 7.25. The van der Waals surface area contributed by atoms with Gasteiger partial charge in [0.05, 0.1) is 11.0 Å². The second kappa shape index (κ2) is 2.83. The third-order valence-electron chi connectivity index (χ3n) is 2.80. The van der Waals surface area contributed by atoms with Gasteiger partial charge in [-0.3, -0.25) is 4.98 Å². The van der Waals surface area contributed by atoms with Crippen LogP contribution in [0.15, 0.2) is 30.3 Å². The summed E-state index contributed by atoms with van der Waals surface area (Å²) >= 11 is 0. The molecule has 2 heteroatoms. The van der Waals surface area contributed by atoms with Crippen molar-refractivity contribution in [1.29, 1.82) is 0 Å². The van der Waals surface area contributed by atoms with Crippen molar-refractivity contribution in [1.82, 2.24) is 9.97 Å². The molecule has 0 saturated heterocycles. The van der Waals surface area contributed by atoms with Crippen molar-refractivity contribution in [3.05, 3.63) is 41.7 Å². The van der Waals surface area contributed by atoms with Crippen molar-refractivity contribution < 1.29 is 0 Å². The van der Waals surface area contributed by atoms with Crippen LogP contribution in [0.2, 0.25) is 0 Å². The van der Waals surface area contributed by atoms with Gasteiger partial charge in [-0.1, -0.05) is 18.2 Å². The lowest BCUT2D eigenvalue weighted by Crippen LogP contribution is -1.85. The summed E-state index contributed by atoms with van der Waals surface area (Å²) in [4.78, 5) is 8.00. The highest BCUT2D eigenvalue weighted by molar-refractivity contribution is 6.04. The molecule has 0 saturated carbocycles. The van der Waals surface area contributed by atoms with Gasteiger partial charge in [0.1, 0.15) is 0 Å². The Labute approximate surface area is 88.0 Å². The summed E-state index contributed by atoms with van der Waals surface area (Å²) in [6.07, 6.45) is 0. The van der Waals surface area contributed by atoms with Crippen LogP contribution in [0, 0.1) is 13.8 Å². The van der Waals surface area contributed by atoms with Crippen LogP contribution < -0.4 is 0 Å². The third-order valence-corrected chi connectivity index (χ3v) is 2.80. The number of aryl methyl sites for hydroxylation is 2. The predicted octanol–water partition coefficient (Wildman–Crippen LogP) is 3.33. The Morgan fingerprint density at radius 2 is 1.87 bits per heavy atom. The van der Waals surface area contributed by atoms with Crippen LogP contribution in [0.4, 0.5) is 0 Å². The molecule has 15 heavy (non-hydrogen) atoms. The molecule has 0 unspecified atom stereocenters. The number of aromatic amines is 1. The number of para-hydroxylation sites is 1. The number of benzene rings is 1. The second-order valence-electron chi connectivity index (χ2n) is 3.96. The maximum absolute atomic E-state index is 4.60. The maximum Gasteiger partial charge on any atom is 0.0726 e. The molecule has 2 nitrogen and oxygen atoms in total. The van der Waals surface area contributed by atoms with E-state index in [1.165, 1.54) is 22.0 Å². The van der Waals surface area contributed by atoms with E-state index < -0.39 is 0 Å². The molecule has 0 atom stereocenters. The number of hydrogen-bond donors (Lipinski definition) is 1. The Bertz CT molecular complexity index is 650. The summed E-state index contributed by atoms with van der Waals surface area (Å²) in [6.45, 7) is 4.14. The van der Waals surface area contributed by atoms with Crippen LogP contribution in [0.5, 0.6) is 0 Å². The number of fused-ring (bicyclic) bond motifs is 3. The molecule has 0 fully saturated rings. The van der Waals surface area contributed by atoms with Gasteiger partial charge in [-0.25, -0.2) is 0 Å². The van der Waals surface area contributed by atoms with Gasteiger partial charge in [0.2, 0.25) is 0 Å². The van der Waals surface area contributed by atoms with Gasteiger partial charge in [-0.15, -0.1) is 0 Å². The van der Waals surface area contributed by atoms with Crippen LogP contribution in [0.1, 0.15) is 11.4 Å². The Morgan fingerprint density at radius 1 is 1.07 bits per heavy atom. The fraction of sp³-hybridized carbons (Fsp3) is 0.154. The van der Waals surface area contributed by atoms with E-state index in [0.29, 0.717) is 0 Å². The molecule has 0 aliphatic heterocycles. The minimum absolute atomic E-state index is 1.06. The third kappa shape index (κ3) is 1.14. The topological polar surface area (TPSA) is 28.7 Å². The van der Waals surface area contributed by atoms with Crippen molar-refractivity contribution in [2.75, 3.05) is 0 Å². The van der Waals surface area contributed by atoms with Crippen LogP contribution in [0.25, 0.3) is 21.8 Å². The van der Waals surface area contributed by atoms with Gasteiger partial charge in [0.25, 0.3) is 0 Å². The van der Waals surface area contributed by atoms with Crippen molar-refractivity contribution >= 4 is 21.8 Å². The molecule has 2 aromatic heterocycles. The van der Waals surface area contributed by atoms with E-state index in [9.17, 15) is 0 Å². The molecule has 0 aliphatic rings. The minimum Gasteiger partial charge on any atom is -0.358 e. The van der Waals surface area contributed by atoms with E-state index in [-0.39, 0.29) is 0 Å². The number of aromatic nitrogens is 2. The van der Waals surface area contributed by atoms with E-state index in [0.717, 1.165) is 11.2 Å². The Kier molecular flexibility index (Phi) is 1.60. The van der Waals surface area contributed by atoms with E-state index in [4.69, 9.17) is 0 Å². The summed E-state index contributed by atoms with van der Waals surface area (Å²) in [7, 11) is 0. The molecule has 3 rings (SSSR count). The zero-order valence-corrected chi connectivity index (χ0v) is 8.83. The molecule has 3 aromatic rings. The predicted molar refractivity (Wildman–Crippen MR) is 63.1 cm³/mol. The van der Waals surface area contributed by atoms with Gasteiger partial charge in [0.15, 0.2) is 0 Å². The van der Waals surface area contributed by atoms with E-state index >= 15 is 0 Å². The molecule has 0 aliphatic carbocycles. The minimum atomic E-state index is 1.06. The summed E-state index contributed by atoms with van der Waals surface area (Å²) < 4.78 is 0. The molecular formula is C13H12N2. The molecule has 1 aromatic carbocycles. The lowest BCUT2D eigenvalue weighted by Gasteiger charge is -2.01. The average Bonchev–Trinajstić information content (AvgIpc) is 2.61. The molecule has 0 radical (unpaired) electrons. The van der Waals surface area contributed by atoms with Crippen LogP contribution in [-0.4, -0.2) is 9.97 Å². The van der Waals surface area contributed by atoms with Gasteiger partial charge in [-0.05, 0) is 26.0 Å². The van der Waals surface area contributed by atoms with Crippen molar-refractivity contribution in [3.8, 4) is 0 Å². The summed E-state index contributed by atoms with van der Waals surface area (Å²) in [5.74, 6) is 0. The molecular weight excluding hydrogens is 184 g/mol. The molecule has 0 spiro atoms. The summed E-state index contributed by atoms with van der Waals surface area (Å²) in [6, 6.07) is 10.4. The second-order valence-corrected chi connectivity index (χ2v) is 3.96. The highest BCUT2D eigenvalue weighted by Gasteiger charge is 2.06. The van der Waals surface area contributed by atoms with Crippen LogP contribution >= 0.6 is 0 Å². The fourth-order valence-corrected chi connectivity index (χ4v) is 2.11. The average molecular weight is 196 g/mol. The van der Waals surface area contributed by atoms with Crippen LogP contribution in [-0.2, 0) is 0 Å².